The minimum atomic E-state index is 0.0359. The van der Waals surface area contributed by atoms with Crippen molar-refractivity contribution in [3.63, 3.8) is 0 Å². The number of aliphatic imine (C=N–C) groups is 1. The predicted molar refractivity (Wildman–Crippen MR) is 72.0 cm³/mol. The summed E-state index contributed by atoms with van der Waals surface area (Å²) in [7, 11) is 0. The molecule has 4 nitrogen and oxygen atoms in total. The number of fused-ring (bicyclic) bond motifs is 1. The smallest absolute Gasteiger partial charge is 0.102 e. The molecule has 2 heterocycles. The van der Waals surface area contributed by atoms with Crippen LogP contribution in [-0.2, 0) is 6.42 Å². The van der Waals surface area contributed by atoms with E-state index in [1.54, 1.807) is 12.4 Å². The summed E-state index contributed by atoms with van der Waals surface area (Å²) in [5.74, 6) is 0. The summed E-state index contributed by atoms with van der Waals surface area (Å²) in [5, 5.41) is 8.91. The number of aliphatic hydroxyl groups excluding tert-OH is 1. The van der Waals surface area contributed by atoms with Gasteiger partial charge in [0.05, 0.1) is 17.5 Å². The van der Waals surface area contributed by atoms with Crippen molar-refractivity contribution in [1.82, 2.24) is 9.97 Å². The molecule has 3 rings (SSSR count). The van der Waals surface area contributed by atoms with Gasteiger partial charge in [0.25, 0.3) is 0 Å². The van der Waals surface area contributed by atoms with E-state index in [-0.39, 0.29) is 6.10 Å². The maximum absolute atomic E-state index is 8.91. The molecule has 0 radical (unpaired) electrons. The highest BCUT2D eigenvalue weighted by molar-refractivity contribution is 5.79. The van der Waals surface area contributed by atoms with Crippen molar-refractivity contribution in [3.05, 3.63) is 23.3 Å². The van der Waals surface area contributed by atoms with Crippen LogP contribution in [0, 0.1) is 6.92 Å². The largest absolute Gasteiger partial charge is 0.393 e. The summed E-state index contributed by atoms with van der Waals surface area (Å²) in [5.41, 5.74) is 3.00. The van der Waals surface area contributed by atoms with Gasteiger partial charge in [-0.3, -0.25) is 15.0 Å². The van der Waals surface area contributed by atoms with E-state index in [1.807, 2.05) is 6.92 Å². The van der Waals surface area contributed by atoms with E-state index >= 15 is 0 Å². The summed E-state index contributed by atoms with van der Waals surface area (Å²) in [6.45, 7) is 2.81. The van der Waals surface area contributed by atoms with Gasteiger partial charge in [0.2, 0.25) is 0 Å². The molecular formula is C14H21N3O. The molecule has 18 heavy (non-hydrogen) atoms. The minimum Gasteiger partial charge on any atom is -0.393 e. The summed E-state index contributed by atoms with van der Waals surface area (Å²) < 4.78 is 0. The van der Waals surface area contributed by atoms with Crippen molar-refractivity contribution < 1.29 is 5.11 Å². The van der Waals surface area contributed by atoms with Gasteiger partial charge >= 0.3 is 0 Å². The molecule has 0 aromatic carbocycles. The second kappa shape index (κ2) is 6.59. The van der Waals surface area contributed by atoms with Crippen molar-refractivity contribution in [3.8, 4) is 0 Å². The third kappa shape index (κ3) is 3.88. The van der Waals surface area contributed by atoms with Crippen LogP contribution in [0.4, 0.5) is 0 Å². The van der Waals surface area contributed by atoms with Crippen molar-refractivity contribution in [2.45, 2.75) is 51.6 Å². The zero-order valence-electron chi connectivity index (χ0n) is 11.0. The first-order valence-electron chi connectivity index (χ1n) is 6.76. The fourth-order valence-electron chi connectivity index (χ4n) is 2.23. The van der Waals surface area contributed by atoms with Gasteiger partial charge in [-0.05, 0) is 19.8 Å². The van der Waals surface area contributed by atoms with Crippen LogP contribution in [0.5, 0.6) is 0 Å². The van der Waals surface area contributed by atoms with Crippen LogP contribution in [0.3, 0.4) is 0 Å². The maximum Gasteiger partial charge on any atom is 0.102 e. The van der Waals surface area contributed by atoms with Crippen LogP contribution in [0.2, 0.25) is 0 Å². The van der Waals surface area contributed by atoms with Crippen molar-refractivity contribution in [1.29, 1.82) is 0 Å². The van der Waals surface area contributed by atoms with Gasteiger partial charge in [0, 0.05) is 25.4 Å². The first-order valence-corrected chi connectivity index (χ1v) is 6.76. The SMILES string of the molecule is Cc1cnc2c(n1)CCN=C2.OC1CCCCC1. The number of rotatable bonds is 0. The molecule has 0 saturated heterocycles. The third-order valence-corrected chi connectivity index (χ3v) is 3.26. The Morgan fingerprint density at radius 2 is 2.00 bits per heavy atom. The first kappa shape index (κ1) is 13.1. The van der Waals surface area contributed by atoms with E-state index in [0.29, 0.717) is 0 Å². The lowest BCUT2D eigenvalue weighted by atomic mass is 9.98. The molecule has 1 N–H and O–H groups in total. The summed E-state index contributed by atoms with van der Waals surface area (Å²) >= 11 is 0. The standard InChI is InChI=1S/C8H9N3.C6H12O/c1-6-4-10-8-5-9-3-2-7(8)11-6;7-6-4-2-1-3-5-6/h4-5H,2-3H2,1H3;6-7H,1-5H2. The van der Waals surface area contributed by atoms with Crippen molar-refractivity contribution >= 4 is 6.21 Å². The Labute approximate surface area is 108 Å². The molecule has 1 aliphatic heterocycles. The number of nitrogens with zero attached hydrogens (tertiary/aromatic N) is 3. The molecule has 4 heteroatoms. The molecule has 1 aromatic rings. The zero-order valence-corrected chi connectivity index (χ0v) is 11.0. The van der Waals surface area contributed by atoms with Crippen molar-refractivity contribution in [2.75, 3.05) is 6.54 Å². The molecule has 0 spiro atoms. The fraction of sp³-hybridized carbons (Fsp3) is 0.643. The molecule has 1 aromatic heterocycles. The third-order valence-electron chi connectivity index (χ3n) is 3.26. The van der Waals surface area contributed by atoms with Gasteiger partial charge in [0.15, 0.2) is 0 Å². The Balaban J connectivity index is 0.000000149. The second-order valence-electron chi connectivity index (χ2n) is 4.92. The molecule has 1 saturated carbocycles. The van der Waals surface area contributed by atoms with E-state index in [9.17, 15) is 0 Å². The molecule has 0 bridgehead atoms. The van der Waals surface area contributed by atoms with E-state index < -0.39 is 0 Å². The highest BCUT2D eigenvalue weighted by atomic mass is 16.3. The minimum absolute atomic E-state index is 0.0359. The van der Waals surface area contributed by atoms with Crippen LogP contribution in [0.1, 0.15) is 49.2 Å². The summed E-state index contributed by atoms with van der Waals surface area (Å²) in [6.07, 6.45) is 10.4. The Morgan fingerprint density at radius 1 is 1.22 bits per heavy atom. The molecule has 0 atom stereocenters. The van der Waals surface area contributed by atoms with Gasteiger partial charge in [-0.2, -0.15) is 0 Å². The molecule has 0 unspecified atom stereocenters. The number of aliphatic hydroxyl groups is 1. The van der Waals surface area contributed by atoms with Crippen LogP contribution in [-0.4, -0.2) is 33.9 Å². The predicted octanol–water partition coefficient (Wildman–Crippen LogP) is 2.07. The van der Waals surface area contributed by atoms with Gasteiger partial charge in [-0.1, -0.05) is 19.3 Å². The number of hydrogen-bond donors (Lipinski definition) is 1. The molecule has 1 fully saturated rings. The topological polar surface area (TPSA) is 58.4 Å². The number of hydrogen-bond acceptors (Lipinski definition) is 4. The molecule has 0 amide bonds. The average Bonchev–Trinajstić information content (AvgIpc) is 2.40. The highest BCUT2D eigenvalue weighted by Gasteiger charge is 2.08. The monoisotopic (exact) mass is 247 g/mol. The average molecular weight is 247 g/mol. The fourth-order valence-corrected chi connectivity index (χ4v) is 2.23. The Bertz CT molecular complexity index is 412. The van der Waals surface area contributed by atoms with Crippen molar-refractivity contribution in [2.24, 2.45) is 4.99 Å². The Hall–Kier alpha value is -1.29. The molecule has 2 aliphatic rings. The van der Waals surface area contributed by atoms with E-state index in [4.69, 9.17) is 5.11 Å². The first-order chi connectivity index (χ1) is 8.75. The van der Waals surface area contributed by atoms with E-state index in [2.05, 4.69) is 15.0 Å². The molecular weight excluding hydrogens is 226 g/mol. The Kier molecular flexibility index (Phi) is 4.81. The van der Waals surface area contributed by atoms with E-state index in [0.717, 1.165) is 42.9 Å². The summed E-state index contributed by atoms with van der Waals surface area (Å²) in [4.78, 5) is 12.7. The van der Waals surface area contributed by atoms with Crippen LogP contribution < -0.4 is 0 Å². The quantitative estimate of drug-likeness (QED) is 0.763. The molecule has 98 valence electrons. The lowest BCUT2D eigenvalue weighted by Crippen LogP contribution is -2.09. The maximum atomic E-state index is 8.91. The lowest BCUT2D eigenvalue weighted by molar-refractivity contribution is 0.130. The van der Waals surface area contributed by atoms with Crippen LogP contribution in [0.25, 0.3) is 0 Å². The normalized spacial score (nSPS) is 18.8. The highest BCUT2D eigenvalue weighted by Crippen LogP contribution is 2.16. The van der Waals surface area contributed by atoms with Crippen LogP contribution in [0.15, 0.2) is 11.2 Å². The summed E-state index contributed by atoms with van der Waals surface area (Å²) in [6, 6.07) is 0. The Morgan fingerprint density at radius 3 is 2.67 bits per heavy atom. The lowest BCUT2D eigenvalue weighted by Gasteiger charge is -2.14. The van der Waals surface area contributed by atoms with Gasteiger partial charge in [-0.25, -0.2) is 0 Å². The molecule has 1 aliphatic carbocycles. The zero-order chi connectivity index (χ0) is 12.8. The van der Waals surface area contributed by atoms with Gasteiger partial charge < -0.3 is 5.11 Å². The second-order valence-corrected chi connectivity index (χ2v) is 4.92. The van der Waals surface area contributed by atoms with Gasteiger partial charge in [0.1, 0.15) is 5.69 Å². The van der Waals surface area contributed by atoms with Crippen LogP contribution >= 0.6 is 0 Å². The van der Waals surface area contributed by atoms with E-state index in [1.165, 1.54) is 19.3 Å². The van der Waals surface area contributed by atoms with Gasteiger partial charge in [-0.15, -0.1) is 0 Å². The number of aromatic nitrogens is 2. The number of aryl methyl sites for hydroxylation is 1.